The minimum Gasteiger partial charge on any atom is -0.381 e. The van der Waals surface area contributed by atoms with Crippen LogP contribution in [0.2, 0.25) is 0 Å². The van der Waals surface area contributed by atoms with E-state index in [4.69, 9.17) is 10.5 Å². The van der Waals surface area contributed by atoms with Gasteiger partial charge in [0.15, 0.2) is 0 Å². The van der Waals surface area contributed by atoms with E-state index in [1.807, 2.05) is 17.0 Å². The molecule has 0 saturated carbocycles. The van der Waals surface area contributed by atoms with E-state index in [0.29, 0.717) is 19.5 Å². The van der Waals surface area contributed by atoms with E-state index in [0.717, 1.165) is 19.3 Å². The summed E-state index contributed by atoms with van der Waals surface area (Å²) in [6.07, 6.45) is 6.75. The fraction of sp³-hybridized carbons (Fsp3) is 0.588. The second-order valence-corrected chi connectivity index (χ2v) is 6.04. The molecule has 1 aliphatic heterocycles. The topological polar surface area (TPSA) is 85.5 Å². The largest absolute Gasteiger partial charge is 0.381 e. The van der Waals surface area contributed by atoms with E-state index in [2.05, 4.69) is 4.98 Å². The number of amides is 2. The van der Waals surface area contributed by atoms with Crippen LogP contribution < -0.4 is 5.73 Å². The van der Waals surface area contributed by atoms with Crippen molar-refractivity contribution < 1.29 is 14.3 Å². The highest BCUT2D eigenvalue weighted by Gasteiger charge is 2.32. The number of nitrogens with two attached hydrogens (primary N) is 1. The fourth-order valence-corrected chi connectivity index (χ4v) is 3.15. The lowest BCUT2D eigenvalue weighted by Crippen LogP contribution is -2.47. The van der Waals surface area contributed by atoms with Crippen molar-refractivity contribution >= 4 is 11.8 Å². The van der Waals surface area contributed by atoms with Gasteiger partial charge in [0.2, 0.25) is 11.8 Å². The van der Waals surface area contributed by atoms with Gasteiger partial charge in [-0.1, -0.05) is 0 Å². The predicted molar refractivity (Wildman–Crippen MR) is 86.5 cm³/mol. The monoisotopic (exact) mass is 319 g/mol. The number of hydrogen-bond acceptors (Lipinski definition) is 4. The Morgan fingerprint density at radius 1 is 1.39 bits per heavy atom. The van der Waals surface area contributed by atoms with E-state index in [-0.39, 0.29) is 30.3 Å². The molecule has 6 nitrogen and oxygen atoms in total. The summed E-state index contributed by atoms with van der Waals surface area (Å²) in [4.78, 5) is 29.4. The average molecular weight is 319 g/mol. The lowest BCUT2D eigenvalue weighted by atomic mass is 9.91. The molecular formula is C17H25N3O3. The van der Waals surface area contributed by atoms with Gasteiger partial charge in [-0.15, -0.1) is 0 Å². The SMILES string of the molecule is CO[C@@H]1CCN(C(=O)CCCc2ccncc2)C[C@H]1CC(N)=O. The third-order valence-electron chi connectivity index (χ3n) is 4.39. The first-order valence-corrected chi connectivity index (χ1v) is 8.08. The van der Waals surface area contributed by atoms with E-state index in [9.17, 15) is 9.59 Å². The van der Waals surface area contributed by atoms with Gasteiger partial charge < -0.3 is 15.4 Å². The molecular weight excluding hydrogens is 294 g/mol. The summed E-state index contributed by atoms with van der Waals surface area (Å²) < 4.78 is 5.42. The highest BCUT2D eigenvalue weighted by Crippen LogP contribution is 2.23. The molecule has 0 aromatic carbocycles. The van der Waals surface area contributed by atoms with Gasteiger partial charge in [0, 0.05) is 51.4 Å². The summed E-state index contributed by atoms with van der Waals surface area (Å²) in [7, 11) is 1.64. The van der Waals surface area contributed by atoms with Crippen LogP contribution in [0.1, 0.15) is 31.2 Å². The molecule has 126 valence electrons. The number of likely N-dealkylation sites (tertiary alicyclic amines) is 1. The lowest BCUT2D eigenvalue weighted by Gasteiger charge is -2.37. The van der Waals surface area contributed by atoms with Crippen molar-refractivity contribution in [3.05, 3.63) is 30.1 Å². The Labute approximate surface area is 137 Å². The Morgan fingerprint density at radius 2 is 2.13 bits per heavy atom. The van der Waals surface area contributed by atoms with Crippen molar-refractivity contribution in [1.82, 2.24) is 9.88 Å². The molecule has 6 heteroatoms. The van der Waals surface area contributed by atoms with Crippen LogP contribution in [-0.4, -0.2) is 48.0 Å². The Hall–Kier alpha value is -1.95. The molecule has 23 heavy (non-hydrogen) atoms. The maximum atomic E-state index is 12.4. The smallest absolute Gasteiger partial charge is 0.222 e. The predicted octanol–water partition coefficient (Wildman–Crippen LogP) is 1.14. The summed E-state index contributed by atoms with van der Waals surface area (Å²) in [5.41, 5.74) is 6.50. The van der Waals surface area contributed by atoms with Gasteiger partial charge in [-0.05, 0) is 37.0 Å². The number of piperidine rings is 1. The number of aromatic nitrogens is 1. The number of carbonyl (C=O) groups excluding carboxylic acids is 2. The number of primary amides is 1. The van der Waals surface area contributed by atoms with Crippen LogP contribution in [0, 0.1) is 5.92 Å². The molecule has 2 amide bonds. The summed E-state index contributed by atoms with van der Waals surface area (Å²) in [5, 5.41) is 0. The van der Waals surface area contributed by atoms with Gasteiger partial charge >= 0.3 is 0 Å². The number of ether oxygens (including phenoxy) is 1. The van der Waals surface area contributed by atoms with Gasteiger partial charge in [-0.2, -0.15) is 0 Å². The number of hydrogen-bond donors (Lipinski definition) is 1. The minimum absolute atomic E-state index is 0.00312. The first-order valence-electron chi connectivity index (χ1n) is 8.08. The van der Waals surface area contributed by atoms with E-state index in [1.54, 1.807) is 19.5 Å². The molecule has 0 unspecified atom stereocenters. The Balaban J connectivity index is 1.81. The van der Waals surface area contributed by atoms with Gasteiger partial charge in [-0.3, -0.25) is 14.6 Å². The maximum absolute atomic E-state index is 12.4. The van der Waals surface area contributed by atoms with E-state index in [1.165, 1.54) is 5.56 Å². The zero-order valence-corrected chi connectivity index (χ0v) is 13.6. The lowest BCUT2D eigenvalue weighted by molar-refractivity contribution is -0.137. The fourth-order valence-electron chi connectivity index (χ4n) is 3.15. The number of nitrogens with zero attached hydrogens (tertiary/aromatic N) is 2. The van der Waals surface area contributed by atoms with Crippen LogP contribution in [-0.2, 0) is 20.7 Å². The molecule has 2 heterocycles. The molecule has 1 saturated heterocycles. The number of methoxy groups -OCH3 is 1. The van der Waals surface area contributed by atoms with E-state index < -0.39 is 0 Å². The highest BCUT2D eigenvalue weighted by atomic mass is 16.5. The normalized spacial score (nSPS) is 21.2. The average Bonchev–Trinajstić information content (AvgIpc) is 2.55. The standard InChI is InChI=1S/C17H25N3O3/c1-23-15-7-10-20(12-14(15)11-16(18)21)17(22)4-2-3-13-5-8-19-9-6-13/h5-6,8-9,14-15H,2-4,7,10-12H2,1H3,(H2,18,21)/t14-,15-/m1/s1. The Kier molecular flexibility index (Phi) is 6.52. The quantitative estimate of drug-likeness (QED) is 0.817. The number of rotatable bonds is 7. The van der Waals surface area contributed by atoms with Crippen molar-refractivity contribution in [3.8, 4) is 0 Å². The first-order chi connectivity index (χ1) is 11.1. The highest BCUT2D eigenvalue weighted by molar-refractivity contribution is 5.77. The number of carbonyl (C=O) groups is 2. The second-order valence-electron chi connectivity index (χ2n) is 6.04. The van der Waals surface area contributed by atoms with Crippen molar-refractivity contribution in [2.75, 3.05) is 20.2 Å². The van der Waals surface area contributed by atoms with Crippen LogP contribution in [0.15, 0.2) is 24.5 Å². The maximum Gasteiger partial charge on any atom is 0.222 e. The second kappa shape index (κ2) is 8.62. The molecule has 1 aromatic heterocycles. The van der Waals surface area contributed by atoms with Gasteiger partial charge in [0.05, 0.1) is 6.10 Å². The summed E-state index contributed by atoms with van der Waals surface area (Å²) in [6, 6.07) is 3.94. The van der Waals surface area contributed by atoms with Crippen LogP contribution >= 0.6 is 0 Å². The van der Waals surface area contributed by atoms with Gasteiger partial charge in [0.25, 0.3) is 0 Å². The minimum atomic E-state index is -0.343. The molecule has 0 radical (unpaired) electrons. The summed E-state index contributed by atoms with van der Waals surface area (Å²) >= 11 is 0. The third kappa shape index (κ3) is 5.32. The molecule has 0 spiro atoms. The Morgan fingerprint density at radius 3 is 2.78 bits per heavy atom. The molecule has 2 N–H and O–H groups in total. The summed E-state index contributed by atoms with van der Waals surface area (Å²) in [6.45, 7) is 1.23. The molecule has 0 bridgehead atoms. The Bertz CT molecular complexity index is 521. The number of pyridine rings is 1. The van der Waals surface area contributed by atoms with Crippen LogP contribution in [0.5, 0.6) is 0 Å². The first kappa shape index (κ1) is 17.4. The van der Waals surface area contributed by atoms with Crippen molar-refractivity contribution in [1.29, 1.82) is 0 Å². The van der Waals surface area contributed by atoms with Crippen LogP contribution in [0.3, 0.4) is 0 Å². The van der Waals surface area contributed by atoms with Gasteiger partial charge in [-0.25, -0.2) is 0 Å². The molecule has 1 aliphatic rings. The van der Waals surface area contributed by atoms with Crippen molar-refractivity contribution in [3.63, 3.8) is 0 Å². The van der Waals surface area contributed by atoms with Crippen LogP contribution in [0.25, 0.3) is 0 Å². The van der Waals surface area contributed by atoms with E-state index >= 15 is 0 Å². The molecule has 1 aromatic rings. The zero-order chi connectivity index (χ0) is 16.7. The van der Waals surface area contributed by atoms with Gasteiger partial charge in [0.1, 0.15) is 0 Å². The number of aryl methyl sites for hydroxylation is 1. The molecule has 0 aliphatic carbocycles. The van der Waals surface area contributed by atoms with Crippen LogP contribution in [0.4, 0.5) is 0 Å². The molecule has 2 atom stereocenters. The third-order valence-corrected chi connectivity index (χ3v) is 4.39. The molecule has 1 fully saturated rings. The van der Waals surface area contributed by atoms with Crippen molar-refractivity contribution in [2.45, 2.75) is 38.2 Å². The zero-order valence-electron chi connectivity index (χ0n) is 13.6. The molecule has 2 rings (SSSR count). The van der Waals surface area contributed by atoms with Crippen molar-refractivity contribution in [2.24, 2.45) is 11.7 Å². The summed E-state index contributed by atoms with van der Waals surface area (Å²) in [5.74, 6) is -0.206.